The molecule has 9 rings (SSSR count). The van der Waals surface area contributed by atoms with Gasteiger partial charge in [-0.2, -0.15) is 132 Å². The molecular formula is C56H30BF24N. The largest absolute Gasteiger partial charge is 0.416 e. The van der Waals surface area contributed by atoms with Crippen molar-refractivity contribution in [3.63, 3.8) is 0 Å². The Morgan fingerprint density at radius 1 is 0.268 bits per heavy atom. The van der Waals surface area contributed by atoms with Crippen LogP contribution in [0.15, 0.2) is 170 Å². The number of alkyl halides is 24. The monoisotopic (exact) mass is 1180 g/mol. The number of fused-ring (bicyclic) bond motifs is 3. The molecule has 1 aromatic heterocycles. The molecule has 26 heteroatoms. The molecule has 0 saturated carbocycles. The zero-order valence-electron chi connectivity index (χ0n) is 40.5. The normalized spacial score (nSPS) is 13.4. The maximum Gasteiger partial charge on any atom is 0.416 e. The molecule has 0 atom stereocenters. The van der Waals surface area contributed by atoms with E-state index in [2.05, 4.69) is 102 Å². The Labute approximate surface area is 445 Å². The van der Waals surface area contributed by atoms with Gasteiger partial charge in [0.2, 0.25) is 5.52 Å². The number of halogens is 24. The van der Waals surface area contributed by atoms with Gasteiger partial charge in [0.15, 0.2) is 12.7 Å². The van der Waals surface area contributed by atoms with Crippen LogP contribution in [0.3, 0.4) is 0 Å². The fraction of sp³-hybridized carbons (Fsp3) is 0.161. The number of aromatic nitrogens is 1. The van der Waals surface area contributed by atoms with Gasteiger partial charge in [0.1, 0.15) is 6.15 Å². The minimum absolute atomic E-state index is 0.691. The molecular weight excluding hydrogens is 1150 g/mol. The molecule has 0 aliphatic heterocycles. The van der Waals surface area contributed by atoms with Gasteiger partial charge in [-0.3, -0.25) is 0 Å². The molecule has 0 fully saturated rings. The third-order valence-corrected chi connectivity index (χ3v) is 13.4. The Kier molecular flexibility index (Phi) is 15.3. The van der Waals surface area contributed by atoms with Crippen molar-refractivity contribution >= 4 is 60.4 Å². The first-order valence-corrected chi connectivity index (χ1v) is 23.3. The van der Waals surface area contributed by atoms with Crippen LogP contribution in [-0.2, 0) is 56.0 Å². The zero-order valence-corrected chi connectivity index (χ0v) is 40.5. The second-order valence-electron chi connectivity index (χ2n) is 18.7. The lowest BCUT2D eigenvalue weighted by Crippen LogP contribution is -2.75. The zero-order chi connectivity index (χ0) is 60.6. The fourth-order valence-electron chi connectivity index (χ4n) is 9.88. The van der Waals surface area contributed by atoms with E-state index in [0.717, 1.165) is 6.54 Å². The van der Waals surface area contributed by atoms with Gasteiger partial charge in [-0.25, -0.2) is 0 Å². The van der Waals surface area contributed by atoms with Crippen LogP contribution in [0.25, 0.3) is 32.4 Å². The maximum atomic E-state index is 14.2. The molecule has 1 heterocycles. The fourth-order valence-corrected chi connectivity index (χ4v) is 9.88. The Morgan fingerprint density at radius 3 is 0.793 bits per heavy atom. The molecule has 8 aromatic carbocycles. The Hall–Kier alpha value is -7.93. The van der Waals surface area contributed by atoms with Gasteiger partial charge in [-0.1, -0.05) is 109 Å². The van der Waals surface area contributed by atoms with Crippen molar-refractivity contribution in [2.24, 2.45) is 0 Å². The van der Waals surface area contributed by atoms with Crippen molar-refractivity contribution in [3.05, 3.63) is 220 Å². The lowest BCUT2D eigenvalue weighted by atomic mass is 9.12. The smallest absolute Gasteiger partial charge is 0.194 e. The van der Waals surface area contributed by atoms with Gasteiger partial charge in [-0.15, -0.1) is 0 Å². The molecule has 1 nitrogen and oxygen atoms in total. The number of hydrogen-bond acceptors (Lipinski definition) is 0. The summed E-state index contributed by atoms with van der Waals surface area (Å²) in [5.74, 6) is 0. The van der Waals surface area contributed by atoms with E-state index in [-0.39, 0.29) is 0 Å². The molecule has 0 N–H and O–H groups in total. The van der Waals surface area contributed by atoms with Gasteiger partial charge in [0.25, 0.3) is 0 Å². The molecule has 0 bridgehead atoms. The van der Waals surface area contributed by atoms with E-state index in [4.69, 9.17) is 0 Å². The minimum Gasteiger partial charge on any atom is -0.194 e. The Bertz CT molecular complexity index is 3360. The van der Waals surface area contributed by atoms with Gasteiger partial charge in [0, 0.05) is 23.1 Å². The van der Waals surface area contributed by atoms with Crippen LogP contribution < -0.4 is 26.4 Å². The summed E-state index contributed by atoms with van der Waals surface area (Å²) in [6.45, 7) is 0.864. The van der Waals surface area contributed by atoms with Crippen LogP contribution >= 0.6 is 0 Å². The highest BCUT2D eigenvalue weighted by Gasteiger charge is 2.47. The molecule has 0 saturated heterocycles. The van der Waals surface area contributed by atoms with Crippen LogP contribution in [0.1, 0.15) is 50.1 Å². The van der Waals surface area contributed by atoms with Crippen LogP contribution in [0.4, 0.5) is 105 Å². The number of hydrogen-bond donors (Lipinski definition) is 0. The first kappa shape index (κ1) is 60.2. The van der Waals surface area contributed by atoms with E-state index in [9.17, 15) is 105 Å². The predicted molar refractivity (Wildman–Crippen MR) is 255 cm³/mol. The Balaban J connectivity index is 0.000000288. The van der Waals surface area contributed by atoms with E-state index < -0.39 is 195 Å². The molecule has 82 heavy (non-hydrogen) atoms. The van der Waals surface area contributed by atoms with Crippen LogP contribution in [0.5, 0.6) is 0 Å². The van der Waals surface area contributed by atoms with Crippen molar-refractivity contribution in [1.82, 2.24) is 0 Å². The molecule has 0 aliphatic rings. The SMILES string of the molecule is FC(F)(F)c1cc([B-](c2cc(C(F)(F)F)cc(C(F)(F)F)c2)(c2cc(C(F)(F)F)cc(C(F)(F)F)c2)c2cc(C(F)(F)F)cc(C(F)(F)F)c2)cc(C(F)(F)F)c1.c1ccc2c(C[n+]3cccc4ccccc43)c3ccccc3cc2c1. The highest BCUT2D eigenvalue weighted by Crippen LogP contribution is 2.42. The van der Waals surface area contributed by atoms with Crippen LogP contribution in [0.2, 0.25) is 0 Å². The third-order valence-electron chi connectivity index (χ3n) is 13.4. The van der Waals surface area contributed by atoms with Gasteiger partial charge < -0.3 is 0 Å². The molecule has 0 unspecified atom stereocenters. The second-order valence-corrected chi connectivity index (χ2v) is 18.7. The van der Waals surface area contributed by atoms with E-state index in [1.165, 1.54) is 38.0 Å². The lowest BCUT2D eigenvalue weighted by Gasteiger charge is -2.46. The maximum absolute atomic E-state index is 14.2. The Morgan fingerprint density at radius 2 is 0.512 bits per heavy atom. The van der Waals surface area contributed by atoms with Crippen molar-refractivity contribution < 1.29 is 110 Å². The summed E-state index contributed by atoms with van der Waals surface area (Å²) in [6, 6.07) is 23.8. The number of para-hydroxylation sites is 1. The summed E-state index contributed by atoms with van der Waals surface area (Å²) in [4.78, 5) is 0. The topological polar surface area (TPSA) is 3.88 Å². The van der Waals surface area contributed by atoms with Crippen molar-refractivity contribution in [2.75, 3.05) is 0 Å². The minimum atomic E-state index is -6.13. The highest BCUT2D eigenvalue weighted by atomic mass is 19.4. The standard InChI is InChI=1S/C32H12BF24.C24H18N/c34-25(35,36)13-1-14(26(37,38)39)6-21(5-13)33(22-7-15(27(40,41)42)2-16(8-22)28(43,44)45,23-9-17(29(46,47)48)3-18(10-23)30(49,50)51)24-11-19(31(52,53)54)4-20(12-24)32(55,56)57;1-4-12-21-19(9-1)16-20-10-2-5-13-22(20)23(21)17-25-15-7-11-18-8-3-6-14-24(18)25/h1-12H;1-16H,17H2/q-1;+1. The van der Waals surface area contributed by atoms with E-state index in [0.29, 0.717) is 0 Å². The average molecular weight is 1180 g/mol. The van der Waals surface area contributed by atoms with E-state index in [1.54, 1.807) is 0 Å². The summed E-state index contributed by atoms with van der Waals surface area (Å²) in [5, 5.41) is 6.55. The first-order chi connectivity index (χ1) is 37.7. The molecule has 0 aliphatic carbocycles. The van der Waals surface area contributed by atoms with Gasteiger partial charge in [0.05, 0.1) is 44.5 Å². The quantitative estimate of drug-likeness (QED) is 0.0676. The number of nitrogens with zero attached hydrogens (tertiary/aromatic N) is 1. The van der Waals surface area contributed by atoms with Gasteiger partial charge >= 0.3 is 49.4 Å². The van der Waals surface area contributed by atoms with E-state index in [1.807, 2.05) is 0 Å². The highest BCUT2D eigenvalue weighted by molar-refractivity contribution is 7.20. The summed E-state index contributed by atoms with van der Waals surface area (Å²) in [7, 11) is 0. The molecule has 9 aromatic rings. The van der Waals surface area contributed by atoms with E-state index >= 15 is 0 Å². The summed E-state index contributed by atoms with van der Waals surface area (Å²) >= 11 is 0. The second kappa shape index (κ2) is 20.8. The third kappa shape index (κ3) is 12.4. The van der Waals surface area contributed by atoms with Crippen LogP contribution in [0, 0.1) is 0 Å². The molecule has 430 valence electrons. The van der Waals surface area contributed by atoms with Crippen LogP contribution in [-0.4, -0.2) is 6.15 Å². The first-order valence-electron chi connectivity index (χ1n) is 23.3. The van der Waals surface area contributed by atoms with Crippen molar-refractivity contribution in [2.45, 2.75) is 56.0 Å². The summed E-state index contributed by atoms with van der Waals surface area (Å²) in [5.41, 5.74) is -27.6. The van der Waals surface area contributed by atoms with Crippen molar-refractivity contribution in [1.29, 1.82) is 0 Å². The number of benzene rings is 8. The molecule has 0 radical (unpaired) electrons. The number of rotatable bonds is 6. The molecule has 0 amide bonds. The number of pyridine rings is 1. The summed E-state index contributed by atoms with van der Waals surface area (Å²) in [6.07, 6.45) is -52.6. The van der Waals surface area contributed by atoms with Gasteiger partial charge in [-0.05, 0) is 64.0 Å². The lowest BCUT2D eigenvalue weighted by molar-refractivity contribution is -0.662. The van der Waals surface area contributed by atoms with Crippen molar-refractivity contribution in [3.8, 4) is 0 Å². The average Bonchev–Trinajstić information content (AvgIpc) is 2.87. The predicted octanol–water partition coefficient (Wildman–Crippen LogP) is 16.7. The summed E-state index contributed by atoms with van der Waals surface area (Å²) < 4.78 is 343. The molecule has 0 spiro atoms.